The van der Waals surface area contributed by atoms with Crippen molar-refractivity contribution in [2.45, 2.75) is 79.2 Å². The van der Waals surface area contributed by atoms with Crippen molar-refractivity contribution in [3.8, 4) is 0 Å². The van der Waals surface area contributed by atoms with Gasteiger partial charge in [0.05, 0.1) is 13.2 Å². The maximum absolute atomic E-state index is 12.4. The highest BCUT2D eigenvalue weighted by atomic mass is 16.5. The molecule has 0 amide bonds. The first kappa shape index (κ1) is 19.2. The van der Waals surface area contributed by atoms with E-state index in [0.717, 1.165) is 38.5 Å². The minimum Gasteiger partial charge on any atom is -0.493 e. The van der Waals surface area contributed by atoms with Gasteiger partial charge in [0.25, 0.3) is 0 Å². The third kappa shape index (κ3) is 2.21. The van der Waals surface area contributed by atoms with Crippen LogP contribution in [0, 0.1) is 33.5 Å². The SMILES string of the molecule is COC1=C2CC[C@@H]3[C@@]4(C)CC[C@H](O)C(C)(C)[C@@H]4CC[C@@]3(C)[C@]2(C)C=CC1=O. The van der Waals surface area contributed by atoms with Gasteiger partial charge in [-0.15, -0.1) is 0 Å². The molecule has 1 N–H and O–H groups in total. The lowest BCUT2D eigenvalue weighted by molar-refractivity contribution is -0.194. The summed E-state index contributed by atoms with van der Waals surface area (Å²) in [6.45, 7) is 11.9. The number of allylic oxidation sites excluding steroid dienone is 3. The van der Waals surface area contributed by atoms with Gasteiger partial charge in [0.2, 0.25) is 5.78 Å². The van der Waals surface area contributed by atoms with Crippen LogP contribution in [0.4, 0.5) is 0 Å². The van der Waals surface area contributed by atoms with Crippen LogP contribution in [-0.4, -0.2) is 24.1 Å². The number of rotatable bonds is 1. The number of fused-ring (bicyclic) bond motifs is 5. The quantitative estimate of drug-likeness (QED) is 0.701. The van der Waals surface area contributed by atoms with Crippen molar-refractivity contribution in [1.29, 1.82) is 0 Å². The van der Waals surface area contributed by atoms with E-state index in [0.29, 0.717) is 17.6 Å². The van der Waals surface area contributed by atoms with Gasteiger partial charge in [-0.25, -0.2) is 0 Å². The summed E-state index contributed by atoms with van der Waals surface area (Å²) < 4.78 is 5.59. The van der Waals surface area contributed by atoms with Gasteiger partial charge >= 0.3 is 0 Å². The summed E-state index contributed by atoms with van der Waals surface area (Å²) in [6.07, 6.45) is 10.1. The van der Waals surface area contributed by atoms with Crippen LogP contribution < -0.4 is 0 Å². The second-order valence-corrected chi connectivity index (χ2v) is 10.9. The van der Waals surface area contributed by atoms with Crippen LogP contribution in [0.25, 0.3) is 0 Å². The normalized spacial score (nSPS) is 48.6. The molecule has 0 spiro atoms. The molecule has 27 heavy (non-hydrogen) atoms. The van der Waals surface area contributed by atoms with E-state index in [-0.39, 0.29) is 33.5 Å². The third-order valence-corrected chi connectivity index (χ3v) is 9.79. The zero-order valence-electron chi connectivity index (χ0n) is 17.9. The van der Waals surface area contributed by atoms with E-state index in [1.54, 1.807) is 13.2 Å². The van der Waals surface area contributed by atoms with Crippen molar-refractivity contribution in [3.05, 3.63) is 23.5 Å². The second kappa shape index (κ2) is 5.72. The Morgan fingerprint density at radius 1 is 1.04 bits per heavy atom. The van der Waals surface area contributed by atoms with Crippen LogP contribution in [0.1, 0.15) is 73.1 Å². The fourth-order valence-corrected chi connectivity index (χ4v) is 8.03. The average Bonchev–Trinajstić information content (AvgIpc) is 2.60. The second-order valence-electron chi connectivity index (χ2n) is 10.9. The molecule has 0 aromatic rings. The summed E-state index contributed by atoms with van der Waals surface area (Å²) in [7, 11) is 1.64. The molecule has 0 aromatic carbocycles. The Morgan fingerprint density at radius 3 is 2.41 bits per heavy atom. The smallest absolute Gasteiger partial charge is 0.220 e. The van der Waals surface area contributed by atoms with Crippen molar-refractivity contribution in [3.63, 3.8) is 0 Å². The van der Waals surface area contributed by atoms with Crippen LogP contribution in [0.3, 0.4) is 0 Å². The minimum atomic E-state index is -0.193. The molecule has 3 saturated carbocycles. The number of hydrogen-bond donors (Lipinski definition) is 1. The lowest BCUT2D eigenvalue weighted by atomic mass is 9.36. The van der Waals surface area contributed by atoms with Crippen molar-refractivity contribution < 1.29 is 14.6 Å². The number of aliphatic hydroxyl groups is 1. The first-order valence-corrected chi connectivity index (χ1v) is 10.7. The molecule has 0 unspecified atom stereocenters. The summed E-state index contributed by atoms with van der Waals surface area (Å²) in [4.78, 5) is 12.4. The molecule has 4 aliphatic rings. The van der Waals surface area contributed by atoms with Crippen LogP contribution in [0.15, 0.2) is 23.5 Å². The fraction of sp³-hybridized carbons (Fsp3) is 0.792. The number of ether oxygens (including phenoxy) is 1. The van der Waals surface area contributed by atoms with E-state index in [1.165, 1.54) is 5.57 Å². The van der Waals surface area contributed by atoms with Crippen molar-refractivity contribution >= 4 is 5.78 Å². The Hall–Kier alpha value is -1.09. The number of carbonyl (C=O) groups is 1. The van der Waals surface area contributed by atoms with Crippen molar-refractivity contribution in [2.75, 3.05) is 7.11 Å². The lowest BCUT2D eigenvalue weighted by Gasteiger charge is -2.69. The number of hydrogen-bond acceptors (Lipinski definition) is 3. The molecule has 3 nitrogen and oxygen atoms in total. The standard InChI is InChI=1S/C24H36O3/c1-21(2)17-10-14-24(5)18(22(17,3)12-11-19(21)26)8-7-15-20(27-6)16(25)9-13-23(15,24)4/h9,13,17-19,26H,7-8,10-12,14H2,1-6H3/t17-,18+,19-,22-,23+,24+/m0/s1. The highest BCUT2D eigenvalue weighted by Gasteiger charge is 2.66. The van der Waals surface area contributed by atoms with Crippen LogP contribution >= 0.6 is 0 Å². The Kier molecular flexibility index (Phi) is 4.07. The number of aliphatic hydroxyl groups excluding tert-OH is 1. The van der Waals surface area contributed by atoms with Gasteiger partial charge in [-0.3, -0.25) is 4.79 Å². The molecule has 4 rings (SSSR count). The molecule has 0 radical (unpaired) electrons. The molecule has 150 valence electrons. The molecule has 3 fully saturated rings. The van der Waals surface area contributed by atoms with Crippen LogP contribution in [0.5, 0.6) is 0 Å². The van der Waals surface area contributed by atoms with E-state index in [2.05, 4.69) is 40.7 Å². The topological polar surface area (TPSA) is 46.5 Å². The minimum absolute atomic E-state index is 0.0221. The van der Waals surface area contributed by atoms with Crippen LogP contribution in [-0.2, 0) is 9.53 Å². The molecule has 0 bridgehead atoms. The van der Waals surface area contributed by atoms with E-state index in [9.17, 15) is 9.90 Å². The Balaban J connectivity index is 1.82. The van der Waals surface area contributed by atoms with Gasteiger partial charge in [-0.1, -0.05) is 40.7 Å². The largest absolute Gasteiger partial charge is 0.493 e. The predicted molar refractivity (Wildman–Crippen MR) is 107 cm³/mol. The highest BCUT2D eigenvalue weighted by molar-refractivity contribution is 6.04. The summed E-state index contributed by atoms with van der Waals surface area (Å²) in [5.41, 5.74) is 1.43. The third-order valence-electron chi connectivity index (χ3n) is 9.79. The first-order chi connectivity index (χ1) is 12.5. The van der Waals surface area contributed by atoms with Crippen molar-refractivity contribution in [2.24, 2.45) is 33.5 Å². The maximum atomic E-state index is 12.4. The molecule has 4 aliphatic carbocycles. The Labute approximate surface area is 164 Å². The summed E-state index contributed by atoms with van der Waals surface area (Å²) in [5.74, 6) is 1.76. The van der Waals surface area contributed by atoms with E-state index < -0.39 is 0 Å². The van der Waals surface area contributed by atoms with Gasteiger partial charge in [-0.2, -0.15) is 0 Å². The average molecular weight is 373 g/mol. The summed E-state index contributed by atoms with van der Waals surface area (Å²) in [6, 6.07) is 0. The Bertz CT molecular complexity index is 732. The van der Waals surface area contributed by atoms with Gasteiger partial charge in [0.15, 0.2) is 5.76 Å². The number of ketones is 1. The fourth-order valence-electron chi connectivity index (χ4n) is 8.03. The number of methoxy groups -OCH3 is 1. The number of carbonyl (C=O) groups excluding carboxylic acids is 1. The molecule has 0 aromatic heterocycles. The molecule has 3 heteroatoms. The Morgan fingerprint density at radius 2 is 1.74 bits per heavy atom. The molecule has 0 saturated heterocycles. The lowest BCUT2D eigenvalue weighted by Crippen LogP contribution is -2.63. The molecular weight excluding hydrogens is 336 g/mol. The van der Waals surface area contributed by atoms with Gasteiger partial charge < -0.3 is 9.84 Å². The van der Waals surface area contributed by atoms with Crippen LogP contribution in [0.2, 0.25) is 0 Å². The van der Waals surface area contributed by atoms with Gasteiger partial charge in [0, 0.05) is 5.41 Å². The zero-order valence-corrected chi connectivity index (χ0v) is 17.9. The van der Waals surface area contributed by atoms with Gasteiger partial charge in [-0.05, 0) is 78.3 Å². The first-order valence-electron chi connectivity index (χ1n) is 10.7. The predicted octanol–water partition coefficient (Wildman–Crippen LogP) is 5.05. The van der Waals surface area contributed by atoms with Crippen molar-refractivity contribution in [1.82, 2.24) is 0 Å². The summed E-state index contributed by atoms with van der Waals surface area (Å²) >= 11 is 0. The van der Waals surface area contributed by atoms with Gasteiger partial charge in [0.1, 0.15) is 0 Å². The van der Waals surface area contributed by atoms with E-state index in [4.69, 9.17) is 4.74 Å². The maximum Gasteiger partial charge on any atom is 0.220 e. The van der Waals surface area contributed by atoms with E-state index >= 15 is 0 Å². The zero-order chi connectivity index (χ0) is 19.8. The molecular formula is C24H36O3. The monoisotopic (exact) mass is 372 g/mol. The highest BCUT2D eigenvalue weighted by Crippen LogP contribution is 2.72. The molecule has 0 heterocycles. The van der Waals surface area contributed by atoms with E-state index in [1.807, 2.05) is 0 Å². The molecule has 0 aliphatic heterocycles. The summed E-state index contributed by atoms with van der Waals surface area (Å²) in [5, 5.41) is 10.7. The molecule has 6 atom stereocenters.